The third kappa shape index (κ3) is 5.65. The van der Waals surface area contributed by atoms with Gasteiger partial charge in [-0.15, -0.1) is 12.4 Å². The monoisotopic (exact) mass is 429 g/mol. The number of halogens is 1. The summed E-state index contributed by atoms with van der Waals surface area (Å²) in [5.41, 5.74) is 5.64. The summed E-state index contributed by atoms with van der Waals surface area (Å²) in [6.07, 6.45) is 0.658. The van der Waals surface area contributed by atoms with Crippen LogP contribution in [-0.4, -0.2) is 73.6 Å². The zero-order valence-corrected chi connectivity index (χ0v) is 17.4. The summed E-state index contributed by atoms with van der Waals surface area (Å²) in [6, 6.07) is 4.43. The Morgan fingerprint density at radius 1 is 1.34 bits per heavy atom. The molecule has 2 aliphatic rings. The molecule has 1 fully saturated rings. The number of fused-ring (bicyclic) bond motifs is 1. The van der Waals surface area contributed by atoms with Gasteiger partial charge in [0.05, 0.1) is 11.3 Å². The van der Waals surface area contributed by atoms with Crippen LogP contribution in [0, 0.1) is 0 Å². The Labute approximate surface area is 176 Å². The standard InChI is InChI=1S/C19H27N3O6.ClH/c1-19(25)5-7-22(8-6-19)18(24)27-10-9-26-13-3-4-16-15(11-13)21(2)17(23)14(20)12-28-16;/h3-4,11,14,25H,5-10,12,20H2,1-2H3;1H/t14-;/m0./s1. The molecule has 0 saturated carbocycles. The third-order valence-corrected chi connectivity index (χ3v) is 5.03. The molecule has 2 aliphatic heterocycles. The van der Waals surface area contributed by atoms with Gasteiger partial charge in [-0.1, -0.05) is 0 Å². The zero-order chi connectivity index (χ0) is 20.3. The molecule has 29 heavy (non-hydrogen) atoms. The second kappa shape index (κ2) is 9.51. The van der Waals surface area contributed by atoms with Gasteiger partial charge < -0.3 is 34.9 Å². The van der Waals surface area contributed by atoms with Gasteiger partial charge in [0, 0.05) is 26.2 Å². The molecule has 2 heterocycles. The smallest absolute Gasteiger partial charge is 0.409 e. The van der Waals surface area contributed by atoms with Gasteiger partial charge in [0.15, 0.2) is 0 Å². The number of likely N-dealkylation sites (N-methyl/N-ethyl adjacent to an activating group) is 1. The molecule has 9 nitrogen and oxygen atoms in total. The molecule has 1 atom stereocenters. The maximum atomic E-state index is 12.1. The number of piperidine rings is 1. The van der Waals surface area contributed by atoms with E-state index in [1.807, 2.05) is 0 Å². The molecular formula is C19H28ClN3O6. The zero-order valence-electron chi connectivity index (χ0n) is 16.6. The Morgan fingerprint density at radius 3 is 2.72 bits per heavy atom. The number of nitrogens with two attached hydrogens (primary N) is 1. The van der Waals surface area contributed by atoms with Crippen molar-refractivity contribution in [2.45, 2.75) is 31.4 Å². The maximum absolute atomic E-state index is 12.1. The number of rotatable bonds is 4. The Bertz CT molecular complexity index is 735. The van der Waals surface area contributed by atoms with Crippen LogP contribution < -0.4 is 20.1 Å². The van der Waals surface area contributed by atoms with Crippen molar-refractivity contribution in [1.82, 2.24) is 4.90 Å². The largest absolute Gasteiger partial charge is 0.490 e. The third-order valence-electron chi connectivity index (χ3n) is 5.03. The van der Waals surface area contributed by atoms with Crippen molar-refractivity contribution in [2.75, 3.05) is 44.9 Å². The molecular weight excluding hydrogens is 402 g/mol. The molecule has 0 aliphatic carbocycles. The number of ether oxygens (including phenoxy) is 3. The SMILES string of the molecule is CN1C(=O)[C@@H](N)COc2ccc(OCCOC(=O)N3CCC(C)(O)CC3)cc21.Cl. The Hall–Kier alpha value is -2.23. The van der Waals surface area contributed by atoms with Crippen LogP contribution in [0.15, 0.2) is 18.2 Å². The van der Waals surface area contributed by atoms with E-state index in [0.29, 0.717) is 43.1 Å². The summed E-state index contributed by atoms with van der Waals surface area (Å²) < 4.78 is 16.4. The molecule has 0 aromatic heterocycles. The van der Waals surface area contributed by atoms with Gasteiger partial charge in [-0.25, -0.2) is 4.79 Å². The molecule has 2 amide bonds. The predicted octanol–water partition coefficient (Wildman–Crippen LogP) is 1.15. The van der Waals surface area contributed by atoms with Crippen molar-refractivity contribution >= 4 is 30.1 Å². The maximum Gasteiger partial charge on any atom is 0.409 e. The van der Waals surface area contributed by atoms with Crippen molar-refractivity contribution in [3.63, 3.8) is 0 Å². The number of hydrogen-bond acceptors (Lipinski definition) is 7. The van der Waals surface area contributed by atoms with E-state index >= 15 is 0 Å². The first kappa shape index (κ1) is 23.1. The fraction of sp³-hybridized carbons (Fsp3) is 0.579. The van der Waals surface area contributed by atoms with Crippen LogP contribution in [0.1, 0.15) is 19.8 Å². The van der Waals surface area contributed by atoms with E-state index in [1.165, 1.54) is 4.90 Å². The number of carbonyl (C=O) groups is 2. The fourth-order valence-corrected chi connectivity index (χ4v) is 3.14. The van der Waals surface area contributed by atoms with Gasteiger partial charge in [-0.2, -0.15) is 0 Å². The van der Waals surface area contributed by atoms with Crippen molar-refractivity contribution in [3.05, 3.63) is 18.2 Å². The van der Waals surface area contributed by atoms with E-state index in [1.54, 1.807) is 37.1 Å². The first-order chi connectivity index (χ1) is 13.3. The van der Waals surface area contributed by atoms with Gasteiger partial charge >= 0.3 is 6.09 Å². The van der Waals surface area contributed by atoms with Gasteiger partial charge in [0.1, 0.15) is 37.4 Å². The molecule has 1 saturated heterocycles. The van der Waals surface area contributed by atoms with Gasteiger partial charge in [0.25, 0.3) is 0 Å². The van der Waals surface area contributed by atoms with Gasteiger partial charge in [-0.3, -0.25) is 4.79 Å². The lowest BCUT2D eigenvalue weighted by atomic mass is 9.94. The van der Waals surface area contributed by atoms with Crippen molar-refractivity contribution in [2.24, 2.45) is 5.73 Å². The molecule has 3 N–H and O–H groups in total. The Kier molecular flexibility index (Phi) is 7.56. The highest BCUT2D eigenvalue weighted by Crippen LogP contribution is 2.34. The second-order valence-electron chi connectivity index (χ2n) is 7.39. The number of carbonyl (C=O) groups excluding carboxylic acids is 2. The lowest BCUT2D eigenvalue weighted by molar-refractivity contribution is -0.119. The number of benzene rings is 1. The number of anilines is 1. The van der Waals surface area contributed by atoms with Crippen LogP contribution >= 0.6 is 12.4 Å². The molecule has 3 rings (SSSR count). The van der Waals surface area contributed by atoms with Crippen LogP contribution in [0.25, 0.3) is 0 Å². The summed E-state index contributed by atoms with van der Waals surface area (Å²) in [5.74, 6) is 0.858. The summed E-state index contributed by atoms with van der Waals surface area (Å²) in [6.45, 7) is 3.11. The highest BCUT2D eigenvalue weighted by Gasteiger charge is 2.30. The topological polar surface area (TPSA) is 115 Å². The van der Waals surface area contributed by atoms with Gasteiger partial charge in [-0.05, 0) is 31.9 Å². The number of hydrogen-bond donors (Lipinski definition) is 2. The fourth-order valence-electron chi connectivity index (χ4n) is 3.14. The molecule has 0 spiro atoms. The van der Waals surface area contributed by atoms with Crippen molar-refractivity contribution < 1.29 is 28.9 Å². The highest BCUT2D eigenvalue weighted by atomic mass is 35.5. The van der Waals surface area contributed by atoms with Crippen LogP contribution in [-0.2, 0) is 9.53 Å². The van der Waals surface area contributed by atoms with Crippen LogP contribution in [0.4, 0.5) is 10.5 Å². The molecule has 0 radical (unpaired) electrons. The van der Waals surface area contributed by atoms with Crippen molar-refractivity contribution in [1.29, 1.82) is 0 Å². The first-order valence-electron chi connectivity index (χ1n) is 9.34. The van der Waals surface area contributed by atoms with E-state index in [4.69, 9.17) is 19.9 Å². The molecule has 162 valence electrons. The van der Waals surface area contributed by atoms with Crippen LogP contribution in [0.3, 0.4) is 0 Å². The van der Waals surface area contributed by atoms with E-state index in [0.717, 1.165) is 0 Å². The summed E-state index contributed by atoms with van der Waals surface area (Å²) >= 11 is 0. The average Bonchev–Trinajstić information content (AvgIpc) is 2.77. The van der Waals surface area contributed by atoms with Gasteiger partial charge in [0.2, 0.25) is 5.91 Å². The van der Waals surface area contributed by atoms with E-state index in [2.05, 4.69) is 0 Å². The Morgan fingerprint density at radius 2 is 2.03 bits per heavy atom. The molecule has 0 bridgehead atoms. The predicted molar refractivity (Wildman–Crippen MR) is 109 cm³/mol. The molecule has 1 aromatic rings. The quantitative estimate of drug-likeness (QED) is 0.690. The normalized spacial score (nSPS) is 20.7. The number of nitrogens with zero attached hydrogens (tertiary/aromatic N) is 2. The summed E-state index contributed by atoms with van der Waals surface area (Å²) in [7, 11) is 1.64. The van der Waals surface area contributed by atoms with Crippen LogP contribution in [0.5, 0.6) is 11.5 Å². The van der Waals surface area contributed by atoms with E-state index < -0.39 is 17.7 Å². The number of likely N-dealkylation sites (tertiary alicyclic amines) is 1. The molecule has 1 aromatic carbocycles. The van der Waals surface area contributed by atoms with Crippen molar-refractivity contribution in [3.8, 4) is 11.5 Å². The highest BCUT2D eigenvalue weighted by molar-refractivity contribution is 5.98. The average molecular weight is 430 g/mol. The van der Waals surface area contributed by atoms with E-state index in [-0.39, 0.29) is 38.1 Å². The summed E-state index contributed by atoms with van der Waals surface area (Å²) in [5, 5.41) is 9.93. The summed E-state index contributed by atoms with van der Waals surface area (Å²) in [4.78, 5) is 27.2. The Balaban J connectivity index is 0.00000300. The number of aliphatic hydroxyl groups is 1. The second-order valence-corrected chi connectivity index (χ2v) is 7.39. The lowest BCUT2D eigenvalue weighted by Crippen LogP contribution is -2.45. The number of amides is 2. The van der Waals surface area contributed by atoms with Crippen LogP contribution in [0.2, 0.25) is 0 Å². The minimum atomic E-state index is -0.715. The minimum absolute atomic E-state index is 0. The lowest BCUT2D eigenvalue weighted by Gasteiger charge is -2.35. The minimum Gasteiger partial charge on any atom is -0.490 e. The first-order valence-corrected chi connectivity index (χ1v) is 9.34. The molecule has 10 heteroatoms. The van der Waals surface area contributed by atoms with E-state index in [9.17, 15) is 14.7 Å². The molecule has 0 unspecified atom stereocenters.